The van der Waals surface area contributed by atoms with Crippen molar-refractivity contribution >= 4 is 29.9 Å². The third kappa shape index (κ3) is 6.86. The predicted octanol–water partition coefficient (Wildman–Crippen LogP) is 3.59. The lowest BCUT2D eigenvalue weighted by Gasteiger charge is -2.40. The summed E-state index contributed by atoms with van der Waals surface area (Å²) in [6.45, 7) is 6.16. The van der Waals surface area contributed by atoms with Crippen molar-refractivity contribution in [3.05, 3.63) is 53.4 Å². The first kappa shape index (κ1) is 25.5. The van der Waals surface area contributed by atoms with Gasteiger partial charge in [-0.1, -0.05) is 13.0 Å². The maximum absolute atomic E-state index is 14.3. The molecule has 1 fully saturated rings. The molecule has 0 amide bonds. The van der Waals surface area contributed by atoms with Crippen LogP contribution in [0.25, 0.3) is 0 Å². The molecular formula is C22H33F2IN6. The minimum Gasteiger partial charge on any atom is -0.356 e. The maximum Gasteiger partial charge on any atom is 0.193 e. The molecule has 2 heterocycles. The largest absolute Gasteiger partial charge is 0.356 e. The highest BCUT2D eigenvalue weighted by Crippen LogP contribution is 2.28. The Balaban J connectivity index is 0.00000341. The van der Waals surface area contributed by atoms with Crippen LogP contribution in [0.3, 0.4) is 0 Å². The van der Waals surface area contributed by atoms with E-state index in [1.807, 2.05) is 31.0 Å². The topological polar surface area (TPSA) is 48.7 Å². The number of aryl methyl sites for hydroxylation is 2. The van der Waals surface area contributed by atoms with Crippen LogP contribution in [0.2, 0.25) is 0 Å². The van der Waals surface area contributed by atoms with Gasteiger partial charge in [-0.05, 0) is 30.9 Å². The lowest BCUT2D eigenvalue weighted by molar-refractivity contribution is 0.124. The van der Waals surface area contributed by atoms with Gasteiger partial charge >= 0.3 is 0 Å². The van der Waals surface area contributed by atoms with Crippen molar-refractivity contribution < 1.29 is 8.78 Å². The van der Waals surface area contributed by atoms with E-state index in [2.05, 4.69) is 25.2 Å². The molecule has 0 saturated carbocycles. The van der Waals surface area contributed by atoms with Gasteiger partial charge in [-0.15, -0.1) is 24.0 Å². The molecule has 0 spiro atoms. The van der Waals surface area contributed by atoms with Gasteiger partial charge in [-0.3, -0.25) is 14.6 Å². The molecule has 0 bridgehead atoms. The van der Waals surface area contributed by atoms with Crippen LogP contribution >= 0.6 is 24.0 Å². The minimum absolute atomic E-state index is 0. The Labute approximate surface area is 200 Å². The molecule has 1 saturated heterocycles. The van der Waals surface area contributed by atoms with E-state index >= 15 is 0 Å². The summed E-state index contributed by atoms with van der Waals surface area (Å²) in [4.78, 5) is 8.95. The first-order valence-electron chi connectivity index (χ1n) is 10.6. The van der Waals surface area contributed by atoms with E-state index in [1.165, 1.54) is 11.6 Å². The zero-order chi connectivity index (χ0) is 21.5. The normalized spacial score (nSPS) is 16.2. The van der Waals surface area contributed by atoms with Gasteiger partial charge < -0.3 is 10.2 Å². The Kier molecular flexibility index (Phi) is 10.1. The molecule has 31 heavy (non-hydrogen) atoms. The van der Waals surface area contributed by atoms with Crippen LogP contribution < -0.4 is 5.32 Å². The van der Waals surface area contributed by atoms with Crippen LogP contribution in [0.1, 0.15) is 36.9 Å². The Morgan fingerprint density at radius 2 is 1.97 bits per heavy atom. The molecule has 1 N–H and O–H groups in total. The molecule has 9 heteroatoms. The summed E-state index contributed by atoms with van der Waals surface area (Å²) in [7, 11) is 3.73. The monoisotopic (exact) mass is 546 g/mol. The summed E-state index contributed by atoms with van der Waals surface area (Å²) in [5.74, 6) is -0.0912. The number of aliphatic imine (C=N–C) groups is 1. The van der Waals surface area contributed by atoms with Crippen molar-refractivity contribution in [2.75, 3.05) is 39.8 Å². The molecule has 2 aromatic rings. The van der Waals surface area contributed by atoms with Crippen molar-refractivity contribution in [3.63, 3.8) is 0 Å². The third-order valence-electron chi connectivity index (χ3n) is 5.66. The Morgan fingerprint density at radius 3 is 2.55 bits per heavy atom. The molecule has 1 aromatic carbocycles. The van der Waals surface area contributed by atoms with Crippen molar-refractivity contribution in [1.82, 2.24) is 24.9 Å². The summed E-state index contributed by atoms with van der Waals surface area (Å²) in [5, 5.41) is 7.65. The summed E-state index contributed by atoms with van der Waals surface area (Å²) in [6.07, 6.45) is 6.72. The van der Waals surface area contributed by atoms with E-state index in [4.69, 9.17) is 0 Å². The van der Waals surface area contributed by atoms with Gasteiger partial charge in [0.2, 0.25) is 0 Å². The van der Waals surface area contributed by atoms with Gasteiger partial charge in [0.1, 0.15) is 11.6 Å². The molecule has 0 aliphatic carbocycles. The Bertz CT molecular complexity index is 848. The molecule has 1 atom stereocenters. The fourth-order valence-electron chi connectivity index (χ4n) is 4.12. The zero-order valence-corrected chi connectivity index (χ0v) is 20.9. The van der Waals surface area contributed by atoms with Gasteiger partial charge in [0.25, 0.3) is 0 Å². The number of guanidine groups is 1. The molecule has 1 aliphatic rings. The predicted molar refractivity (Wildman–Crippen MR) is 131 cm³/mol. The van der Waals surface area contributed by atoms with Crippen molar-refractivity contribution in [1.29, 1.82) is 0 Å². The Morgan fingerprint density at radius 1 is 1.23 bits per heavy atom. The van der Waals surface area contributed by atoms with Crippen molar-refractivity contribution in [2.24, 2.45) is 12.0 Å². The number of hydrogen-bond acceptors (Lipinski definition) is 3. The highest BCUT2D eigenvalue weighted by molar-refractivity contribution is 14.0. The molecule has 1 aromatic heterocycles. The standard InChI is InChI=1S/C22H32F2N6.HI/c1-4-21(19-8-7-18(23)14-20(19)24)29-10-12-30(13-11-29)22(25-2)26-9-5-6-17-15-27-28(3)16-17;/h7-8,14-16,21H,4-6,9-13H2,1-3H3,(H,25,26);1H. The van der Waals surface area contributed by atoms with E-state index in [-0.39, 0.29) is 30.0 Å². The third-order valence-corrected chi connectivity index (χ3v) is 5.66. The van der Waals surface area contributed by atoms with Gasteiger partial charge in [-0.2, -0.15) is 5.10 Å². The van der Waals surface area contributed by atoms with E-state index in [0.717, 1.165) is 64.0 Å². The number of aromatic nitrogens is 2. The van der Waals surface area contributed by atoms with E-state index < -0.39 is 11.6 Å². The molecule has 1 aliphatic heterocycles. The van der Waals surface area contributed by atoms with E-state index in [1.54, 1.807) is 13.1 Å². The van der Waals surface area contributed by atoms with Crippen LogP contribution in [0, 0.1) is 11.6 Å². The Hall–Kier alpha value is -1.75. The van der Waals surface area contributed by atoms with Gasteiger partial charge in [0.15, 0.2) is 5.96 Å². The molecule has 0 radical (unpaired) electrons. The number of benzene rings is 1. The number of hydrogen-bond donors (Lipinski definition) is 1. The second kappa shape index (κ2) is 12.3. The van der Waals surface area contributed by atoms with Crippen LogP contribution in [-0.4, -0.2) is 65.3 Å². The first-order valence-corrected chi connectivity index (χ1v) is 10.6. The SMILES string of the molecule is CCC(c1ccc(F)cc1F)N1CCN(C(=NC)NCCCc2cnn(C)c2)CC1.I. The highest BCUT2D eigenvalue weighted by atomic mass is 127. The highest BCUT2D eigenvalue weighted by Gasteiger charge is 2.27. The molecule has 172 valence electrons. The lowest BCUT2D eigenvalue weighted by atomic mass is 10.0. The minimum atomic E-state index is -0.533. The molecule has 1 unspecified atom stereocenters. The van der Waals surface area contributed by atoms with Gasteiger partial charge in [-0.25, -0.2) is 8.78 Å². The number of rotatable bonds is 7. The fraction of sp³-hybridized carbons (Fsp3) is 0.545. The van der Waals surface area contributed by atoms with Gasteiger partial charge in [0.05, 0.1) is 6.20 Å². The van der Waals surface area contributed by atoms with Crippen molar-refractivity contribution in [3.8, 4) is 0 Å². The number of nitrogens with one attached hydrogen (secondary N) is 1. The first-order chi connectivity index (χ1) is 14.5. The van der Waals surface area contributed by atoms with E-state index in [0.29, 0.717) is 5.56 Å². The second-order valence-electron chi connectivity index (χ2n) is 7.71. The molecular weight excluding hydrogens is 513 g/mol. The van der Waals surface area contributed by atoms with Gasteiger partial charge in [0, 0.05) is 70.7 Å². The summed E-state index contributed by atoms with van der Waals surface area (Å²) >= 11 is 0. The average Bonchev–Trinajstić information content (AvgIpc) is 3.16. The smallest absolute Gasteiger partial charge is 0.193 e. The number of halogens is 3. The van der Waals surface area contributed by atoms with Crippen LogP contribution in [0.5, 0.6) is 0 Å². The summed E-state index contributed by atoms with van der Waals surface area (Å²) < 4.78 is 29.4. The van der Waals surface area contributed by atoms with E-state index in [9.17, 15) is 8.78 Å². The second-order valence-corrected chi connectivity index (χ2v) is 7.71. The number of piperazine rings is 1. The molecule has 6 nitrogen and oxygen atoms in total. The van der Waals surface area contributed by atoms with Crippen LogP contribution in [0.4, 0.5) is 8.78 Å². The average molecular weight is 546 g/mol. The lowest BCUT2D eigenvalue weighted by Crippen LogP contribution is -2.53. The quantitative estimate of drug-likeness (QED) is 0.250. The van der Waals surface area contributed by atoms with Crippen LogP contribution in [0.15, 0.2) is 35.6 Å². The molecule has 3 rings (SSSR count). The summed E-state index contributed by atoms with van der Waals surface area (Å²) in [6, 6.07) is 3.86. The maximum atomic E-state index is 14.3. The fourth-order valence-corrected chi connectivity index (χ4v) is 4.12. The van der Waals surface area contributed by atoms with Crippen molar-refractivity contribution in [2.45, 2.75) is 32.2 Å². The zero-order valence-electron chi connectivity index (χ0n) is 18.5. The number of nitrogens with zero attached hydrogens (tertiary/aromatic N) is 5. The summed E-state index contributed by atoms with van der Waals surface area (Å²) in [5.41, 5.74) is 1.81. The van der Waals surface area contributed by atoms with Crippen LogP contribution in [-0.2, 0) is 13.5 Å².